The van der Waals surface area contributed by atoms with Crippen LogP contribution in [0.4, 0.5) is 4.39 Å². The number of aromatic nitrogens is 1. The van der Waals surface area contributed by atoms with Gasteiger partial charge < -0.3 is 4.74 Å². The van der Waals surface area contributed by atoms with Crippen LogP contribution in [-0.2, 0) is 6.42 Å². The van der Waals surface area contributed by atoms with Crippen LogP contribution in [0.3, 0.4) is 0 Å². The maximum atomic E-state index is 13.3. The van der Waals surface area contributed by atoms with E-state index < -0.39 is 0 Å². The highest BCUT2D eigenvalue weighted by Crippen LogP contribution is 2.32. The van der Waals surface area contributed by atoms with Gasteiger partial charge in [-0.15, -0.1) is 0 Å². The minimum Gasteiger partial charge on any atom is -0.496 e. The molecule has 1 aromatic carbocycles. The first-order valence-corrected chi connectivity index (χ1v) is 8.04. The predicted octanol–water partition coefficient (Wildman–Crippen LogP) is 5.02. The van der Waals surface area contributed by atoms with E-state index >= 15 is 0 Å². The summed E-state index contributed by atoms with van der Waals surface area (Å²) < 4.78 is 18.6. The molecule has 1 aromatic heterocycles. The molecule has 3 heteroatoms. The summed E-state index contributed by atoms with van der Waals surface area (Å²) in [5.74, 6) is 1.14. The van der Waals surface area contributed by atoms with E-state index in [4.69, 9.17) is 4.74 Å². The predicted molar refractivity (Wildman–Crippen MR) is 86.5 cm³/mol. The van der Waals surface area contributed by atoms with E-state index in [2.05, 4.69) is 11.1 Å². The number of hydrogen-bond acceptors (Lipinski definition) is 2. The molecule has 0 radical (unpaired) electrons. The molecule has 116 valence electrons. The van der Waals surface area contributed by atoms with Gasteiger partial charge in [0.15, 0.2) is 0 Å². The summed E-state index contributed by atoms with van der Waals surface area (Å²) in [6.45, 7) is 0. The van der Waals surface area contributed by atoms with Gasteiger partial charge in [0.2, 0.25) is 0 Å². The summed E-state index contributed by atoms with van der Waals surface area (Å²) in [5, 5.41) is 0. The number of halogens is 1. The molecule has 0 N–H and O–H groups in total. The molecule has 1 saturated carbocycles. The number of hydrogen-bond donors (Lipinski definition) is 0. The number of nitrogens with zero attached hydrogens (tertiary/aromatic N) is 1. The van der Waals surface area contributed by atoms with Gasteiger partial charge in [0, 0.05) is 29.6 Å². The molecule has 1 aliphatic rings. The summed E-state index contributed by atoms with van der Waals surface area (Å²) in [6.07, 6.45) is 11.6. The molecule has 1 fully saturated rings. The van der Waals surface area contributed by atoms with Gasteiger partial charge in [-0.05, 0) is 42.5 Å². The zero-order valence-corrected chi connectivity index (χ0v) is 13.0. The lowest BCUT2D eigenvalue weighted by molar-refractivity contribution is 0.413. The van der Waals surface area contributed by atoms with Gasteiger partial charge in [-0.25, -0.2) is 4.39 Å². The van der Waals surface area contributed by atoms with Crippen molar-refractivity contribution in [2.45, 2.75) is 38.5 Å². The Morgan fingerprint density at radius 1 is 1.18 bits per heavy atom. The summed E-state index contributed by atoms with van der Waals surface area (Å²) in [6, 6.07) is 6.78. The second-order valence-electron chi connectivity index (χ2n) is 6.12. The lowest BCUT2D eigenvalue weighted by atomic mass is 9.97. The first kappa shape index (κ1) is 15.0. The normalized spacial score (nSPS) is 15.2. The zero-order chi connectivity index (χ0) is 15.4. The summed E-state index contributed by atoms with van der Waals surface area (Å²) in [5.41, 5.74) is 3.12. The largest absolute Gasteiger partial charge is 0.496 e. The fraction of sp³-hybridized carbons (Fsp3) is 0.421. The Labute approximate surface area is 131 Å². The Morgan fingerprint density at radius 2 is 2.00 bits per heavy atom. The molecule has 2 nitrogen and oxygen atoms in total. The summed E-state index contributed by atoms with van der Waals surface area (Å²) in [7, 11) is 1.57. The zero-order valence-electron chi connectivity index (χ0n) is 13.0. The number of pyridine rings is 1. The van der Waals surface area contributed by atoms with Crippen LogP contribution in [0.2, 0.25) is 0 Å². The molecule has 1 heterocycles. The van der Waals surface area contributed by atoms with Crippen molar-refractivity contribution in [2.75, 3.05) is 7.11 Å². The maximum absolute atomic E-state index is 13.3. The van der Waals surface area contributed by atoms with E-state index in [1.165, 1.54) is 49.8 Å². The Kier molecular flexibility index (Phi) is 4.71. The molecule has 3 rings (SSSR count). The Morgan fingerprint density at radius 3 is 2.77 bits per heavy atom. The quantitative estimate of drug-likeness (QED) is 0.773. The Bertz CT molecular complexity index is 635. The molecular formula is C19H22FNO. The third-order valence-corrected chi connectivity index (χ3v) is 4.59. The van der Waals surface area contributed by atoms with Gasteiger partial charge in [-0.2, -0.15) is 0 Å². The standard InChI is InChI=1S/C19H22FNO/c1-22-19-11-17(20)8-9-18(19)16-10-15(12-21-13-16)7-6-14-4-2-3-5-14/h8-14H,2-7H2,1H3/i1-1. The van der Waals surface area contributed by atoms with Crippen molar-refractivity contribution in [1.29, 1.82) is 0 Å². The van der Waals surface area contributed by atoms with E-state index in [0.717, 1.165) is 23.5 Å². The Balaban J connectivity index is 1.78. The van der Waals surface area contributed by atoms with Crippen molar-refractivity contribution in [3.05, 3.63) is 48.0 Å². The third-order valence-electron chi connectivity index (χ3n) is 4.59. The molecule has 0 atom stereocenters. The van der Waals surface area contributed by atoms with Crippen molar-refractivity contribution >= 4 is 0 Å². The second kappa shape index (κ2) is 6.91. The lowest BCUT2D eigenvalue weighted by Gasteiger charge is -2.11. The second-order valence-corrected chi connectivity index (χ2v) is 6.12. The monoisotopic (exact) mass is 298 g/mol. The third kappa shape index (κ3) is 3.46. The van der Waals surface area contributed by atoms with Gasteiger partial charge in [0.05, 0.1) is 7.11 Å². The molecule has 0 aliphatic heterocycles. The van der Waals surface area contributed by atoms with Gasteiger partial charge in [0.1, 0.15) is 11.6 Å². The number of ether oxygens (including phenoxy) is 1. The van der Waals surface area contributed by atoms with Crippen LogP contribution in [0.5, 0.6) is 5.75 Å². The minimum absolute atomic E-state index is 0.286. The highest BCUT2D eigenvalue weighted by molar-refractivity contribution is 5.70. The van der Waals surface area contributed by atoms with Crippen LogP contribution in [0, 0.1) is 11.7 Å². The summed E-state index contributed by atoms with van der Waals surface area (Å²) in [4.78, 5) is 4.35. The van der Waals surface area contributed by atoms with Gasteiger partial charge in [-0.1, -0.05) is 25.7 Å². The van der Waals surface area contributed by atoms with Crippen molar-refractivity contribution < 1.29 is 9.13 Å². The SMILES string of the molecule is [11CH3]Oc1cc(F)ccc1-c1cncc(CCC2CCCC2)c1. The number of aryl methyl sites for hydroxylation is 1. The molecule has 1 aliphatic carbocycles. The Hall–Kier alpha value is -1.90. The average molecular weight is 298 g/mol. The highest BCUT2D eigenvalue weighted by Gasteiger charge is 2.15. The van der Waals surface area contributed by atoms with Crippen LogP contribution in [0.1, 0.15) is 37.7 Å². The molecule has 0 unspecified atom stereocenters. The van der Waals surface area contributed by atoms with Crippen molar-refractivity contribution in [2.24, 2.45) is 5.92 Å². The molecule has 22 heavy (non-hydrogen) atoms. The van der Waals surface area contributed by atoms with E-state index in [0.29, 0.717) is 5.75 Å². The fourth-order valence-corrected chi connectivity index (χ4v) is 3.34. The van der Waals surface area contributed by atoms with Crippen LogP contribution >= 0.6 is 0 Å². The van der Waals surface area contributed by atoms with Crippen LogP contribution in [0.25, 0.3) is 11.1 Å². The maximum Gasteiger partial charge on any atom is 0.129 e. The molecule has 0 amide bonds. The smallest absolute Gasteiger partial charge is 0.129 e. The van der Waals surface area contributed by atoms with Gasteiger partial charge in [0.25, 0.3) is 0 Å². The topological polar surface area (TPSA) is 22.1 Å². The lowest BCUT2D eigenvalue weighted by Crippen LogP contribution is -1.97. The molecule has 0 saturated heterocycles. The van der Waals surface area contributed by atoms with E-state index in [1.54, 1.807) is 13.2 Å². The van der Waals surface area contributed by atoms with Crippen molar-refractivity contribution in [3.8, 4) is 16.9 Å². The van der Waals surface area contributed by atoms with Crippen molar-refractivity contribution in [3.63, 3.8) is 0 Å². The number of rotatable bonds is 5. The number of methoxy groups -OCH3 is 1. The molecular weight excluding hydrogens is 276 g/mol. The van der Waals surface area contributed by atoms with E-state index in [9.17, 15) is 4.39 Å². The average Bonchev–Trinajstić information content (AvgIpc) is 3.06. The first-order valence-electron chi connectivity index (χ1n) is 8.04. The minimum atomic E-state index is -0.286. The van der Waals surface area contributed by atoms with Crippen molar-refractivity contribution in [1.82, 2.24) is 4.98 Å². The van der Waals surface area contributed by atoms with Crippen LogP contribution in [0.15, 0.2) is 36.7 Å². The molecule has 2 aromatic rings. The van der Waals surface area contributed by atoms with Gasteiger partial charge >= 0.3 is 0 Å². The number of benzene rings is 1. The van der Waals surface area contributed by atoms with Crippen LogP contribution in [-0.4, -0.2) is 12.1 Å². The first-order chi connectivity index (χ1) is 10.8. The molecule has 0 spiro atoms. The van der Waals surface area contributed by atoms with E-state index in [1.807, 2.05) is 12.4 Å². The van der Waals surface area contributed by atoms with E-state index in [-0.39, 0.29) is 5.82 Å². The fourth-order valence-electron chi connectivity index (χ4n) is 3.34. The van der Waals surface area contributed by atoms with Gasteiger partial charge in [-0.3, -0.25) is 4.98 Å². The highest BCUT2D eigenvalue weighted by atomic mass is 19.1. The molecule has 0 bridgehead atoms. The van der Waals surface area contributed by atoms with Crippen LogP contribution < -0.4 is 4.74 Å². The summed E-state index contributed by atoms with van der Waals surface area (Å²) >= 11 is 0.